The van der Waals surface area contributed by atoms with E-state index in [1.165, 1.54) is 24.3 Å². The summed E-state index contributed by atoms with van der Waals surface area (Å²) >= 11 is 8.96. The molecule has 7 heteroatoms. The largest absolute Gasteiger partial charge is 0.278 e. The SMILES string of the molecule is Cc1nc(Br)ccc1NS(=O)(=O)c1ccc(Cl)cc1. The number of aryl methyl sites for hydroxylation is 1. The highest BCUT2D eigenvalue weighted by Crippen LogP contribution is 2.21. The predicted octanol–water partition coefficient (Wildman–Crippen LogP) is 3.61. The zero-order valence-corrected chi connectivity index (χ0v) is 13.1. The molecule has 0 unspecified atom stereocenters. The molecule has 0 radical (unpaired) electrons. The molecule has 2 aromatic rings. The van der Waals surface area contributed by atoms with Crippen molar-refractivity contribution >= 4 is 43.2 Å². The van der Waals surface area contributed by atoms with Gasteiger partial charge in [0.15, 0.2) is 0 Å². The van der Waals surface area contributed by atoms with Crippen molar-refractivity contribution in [2.75, 3.05) is 4.72 Å². The molecular weight excluding hydrogens is 352 g/mol. The fourth-order valence-corrected chi connectivity index (χ4v) is 3.10. The van der Waals surface area contributed by atoms with Gasteiger partial charge in [-0.2, -0.15) is 0 Å². The molecule has 0 saturated carbocycles. The number of anilines is 1. The Morgan fingerprint density at radius 3 is 2.37 bits per heavy atom. The number of benzene rings is 1. The molecule has 19 heavy (non-hydrogen) atoms. The number of nitrogens with zero attached hydrogens (tertiary/aromatic N) is 1. The van der Waals surface area contributed by atoms with Crippen LogP contribution in [-0.4, -0.2) is 13.4 Å². The first-order valence-corrected chi connectivity index (χ1v) is 7.95. The van der Waals surface area contributed by atoms with Crippen molar-refractivity contribution in [3.63, 3.8) is 0 Å². The number of nitrogens with one attached hydrogen (secondary N) is 1. The molecule has 0 aliphatic carbocycles. The maximum Gasteiger partial charge on any atom is 0.261 e. The predicted molar refractivity (Wildman–Crippen MR) is 78.9 cm³/mol. The van der Waals surface area contributed by atoms with Gasteiger partial charge in [-0.1, -0.05) is 11.6 Å². The molecule has 100 valence electrons. The lowest BCUT2D eigenvalue weighted by Crippen LogP contribution is -2.14. The number of aromatic nitrogens is 1. The average Bonchev–Trinajstić information content (AvgIpc) is 2.33. The molecule has 1 heterocycles. The third-order valence-electron chi connectivity index (χ3n) is 2.42. The average molecular weight is 362 g/mol. The minimum absolute atomic E-state index is 0.152. The second-order valence-corrected chi connectivity index (χ2v) is 6.76. The number of pyridine rings is 1. The van der Waals surface area contributed by atoms with Crippen LogP contribution in [-0.2, 0) is 10.0 Å². The van der Waals surface area contributed by atoms with E-state index >= 15 is 0 Å². The molecule has 1 N–H and O–H groups in total. The van der Waals surface area contributed by atoms with E-state index in [2.05, 4.69) is 25.6 Å². The quantitative estimate of drug-likeness (QED) is 0.850. The maximum absolute atomic E-state index is 12.2. The lowest BCUT2D eigenvalue weighted by Gasteiger charge is -2.10. The van der Waals surface area contributed by atoms with Gasteiger partial charge >= 0.3 is 0 Å². The van der Waals surface area contributed by atoms with E-state index < -0.39 is 10.0 Å². The summed E-state index contributed by atoms with van der Waals surface area (Å²) in [6.45, 7) is 1.73. The van der Waals surface area contributed by atoms with Crippen molar-refractivity contribution in [3.05, 3.63) is 51.7 Å². The number of rotatable bonds is 3. The lowest BCUT2D eigenvalue weighted by atomic mass is 10.3. The molecule has 0 fully saturated rings. The van der Waals surface area contributed by atoms with E-state index in [1.807, 2.05) is 0 Å². The Balaban J connectivity index is 2.33. The van der Waals surface area contributed by atoms with Gasteiger partial charge in [-0.25, -0.2) is 13.4 Å². The molecule has 0 bridgehead atoms. The van der Waals surface area contributed by atoms with Gasteiger partial charge < -0.3 is 0 Å². The smallest absolute Gasteiger partial charge is 0.261 e. The normalized spacial score (nSPS) is 11.3. The van der Waals surface area contributed by atoms with E-state index in [0.29, 0.717) is 21.0 Å². The Kier molecular flexibility index (Phi) is 4.13. The Hall–Kier alpha value is -1.11. The Morgan fingerprint density at radius 2 is 1.79 bits per heavy atom. The first kappa shape index (κ1) is 14.3. The van der Waals surface area contributed by atoms with Gasteiger partial charge in [0.2, 0.25) is 0 Å². The maximum atomic E-state index is 12.2. The van der Waals surface area contributed by atoms with Crippen LogP contribution >= 0.6 is 27.5 Å². The van der Waals surface area contributed by atoms with Crippen LogP contribution in [0.3, 0.4) is 0 Å². The van der Waals surface area contributed by atoms with Crippen LogP contribution in [0, 0.1) is 6.92 Å². The Bertz CT molecular complexity index is 702. The molecule has 4 nitrogen and oxygen atoms in total. The van der Waals surface area contributed by atoms with Gasteiger partial charge in [0.05, 0.1) is 16.3 Å². The van der Waals surface area contributed by atoms with Crippen LogP contribution in [0.15, 0.2) is 45.9 Å². The van der Waals surface area contributed by atoms with Gasteiger partial charge in [-0.05, 0) is 59.3 Å². The van der Waals surface area contributed by atoms with Crippen molar-refractivity contribution in [2.45, 2.75) is 11.8 Å². The third-order valence-corrected chi connectivity index (χ3v) is 4.50. The summed E-state index contributed by atoms with van der Waals surface area (Å²) in [5.41, 5.74) is 1.03. The fraction of sp³-hybridized carbons (Fsp3) is 0.0833. The van der Waals surface area contributed by atoms with Gasteiger partial charge in [-0.15, -0.1) is 0 Å². The molecule has 1 aromatic heterocycles. The number of halogens is 2. The summed E-state index contributed by atoms with van der Waals surface area (Å²) in [6, 6.07) is 9.29. The van der Waals surface area contributed by atoms with E-state index in [-0.39, 0.29) is 4.90 Å². The summed E-state index contributed by atoms with van der Waals surface area (Å²) in [7, 11) is -3.63. The van der Waals surface area contributed by atoms with Crippen molar-refractivity contribution in [1.29, 1.82) is 0 Å². The molecule has 0 atom stereocenters. The van der Waals surface area contributed by atoms with E-state index in [4.69, 9.17) is 11.6 Å². The summed E-state index contributed by atoms with van der Waals surface area (Å²) in [5.74, 6) is 0. The van der Waals surface area contributed by atoms with Crippen molar-refractivity contribution in [3.8, 4) is 0 Å². The third kappa shape index (κ3) is 3.46. The van der Waals surface area contributed by atoms with Crippen LogP contribution in [0.1, 0.15) is 5.69 Å². The number of hydrogen-bond donors (Lipinski definition) is 1. The van der Waals surface area contributed by atoms with Crippen LogP contribution in [0.2, 0.25) is 5.02 Å². The summed E-state index contributed by atoms with van der Waals surface area (Å²) in [4.78, 5) is 4.29. The highest BCUT2D eigenvalue weighted by Gasteiger charge is 2.15. The number of hydrogen-bond acceptors (Lipinski definition) is 3. The Morgan fingerprint density at radius 1 is 1.16 bits per heavy atom. The lowest BCUT2D eigenvalue weighted by molar-refractivity contribution is 0.601. The highest BCUT2D eigenvalue weighted by molar-refractivity contribution is 9.10. The minimum atomic E-state index is -3.63. The Labute approximate surface area is 125 Å². The second kappa shape index (κ2) is 5.48. The minimum Gasteiger partial charge on any atom is -0.278 e. The molecule has 0 spiro atoms. The zero-order chi connectivity index (χ0) is 14.0. The van der Waals surface area contributed by atoms with Gasteiger partial charge in [-0.3, -0.25) is 4.72 Å². The topological polar surface area (TPSA) is 59.1 Å². The first-order valence-electron chi connectivity index (χ1n) is 5.30. The fourth-order valence-electron chi connectivity index (χ4n) is 1.46. The van der Waals surface area contributed by atoms with Gasteiger partial charge in [0, 0.05) is 5.02 Å². The van der Waals surface area contributed by atoms with Crippen molar-refractivity contribution < 1.29 is 8.42 Å². The molecule has 0 aliphatic heterocycles. The molecule has 0 saturated heterocycles. The monoisotopic (exact) mass is 360 g/mol. The molecular formula is C12H10BrClN2O2S. The number of sulfonamides is 1. The molecule has 2 rings (SSSR count). The van der Waals surface area contributed by atoms with Crippen molar-refractivity contribution in [2.24, 2.45) is 0 Å². The molecule has 1 aromatic carbocycles. The second-order valence-electron chi connectivity index (χ2n) is 3.83. The standard InChI is InChI=1S/C12H10BrClN2O2S/c1-8-11(6-7-12(13)15-8)16-19(17,18)10-4-2-9(14)3-5-10/h2-7,16H,1H3. The summed E-state index contributed by atoms with van der Waals surface area (Å²) < 4.78 is 27.5. The first-order chi connectivity index (χ1) is 8.88. The van der Waals surface area contributed by atoms with E-state index in [9.17, 15) is 8.42 Å². The van der Waals surface area contributed by atoms with Gasteiger partial charge in [0.1, 0.15) is 4.60 Å². The van der Waals surface area contributed by atoms with Crippen LogP contribution < -0.4 is 4.72 Å². The van der Waals surface area contributed by atoms with E-state index in [1.54, 1.807) is 19.1 Å². The van der Waals surface area contributed by atoms with Crippen LogP contribution in [0.4, 0.5) is 5.69 Å². The van der Waals surface area contributed by atoms with Crippen molar-refractivity contribution in [1.82, 2.24) is 4.98 Å². The highest BCUT2D eigenvalue weighted by atomic mass is 79.9. The zero-order valence-electron chi connectivity index (χ0n) is 9.89. The molecule has 0 aliphatic rings. The van der Waals surface area contributed by atoms with Crippen LogP contribution in [0.5, 0.6) is 0 Å². The molecule has 0 amide bonds. The summed E-state index contributed by atoms with van der Waals surface area (Å²) in [5, 5.41) is 0.487. The van der Waals surface area contributed by atoms with E-state index in [0.717, 1.165) is 0 Å². The summed E-state index contributed by atoms with van der Waals surface area (Å²) in [6.07, 6.45) is 0. The van der Waals surface area contributed by atoms with Gasteiger partial charge in [0.25, 0.3) is 10.0 Å². The van der Waals surface area contributed by atoms with Crippen LogP contribution in [0.25, 0.3) is 0 Å².